The molecule has 1 rings (SSSR count). The fraction of sp³-hybridized carbons (Fsp3) is 0.308. The summed E-state index contributed by atoms with van der Waals surface area (Å²) in [5.41, 5.74) is 2.06. The fourth-order valence-electron chi connectivity index (χ4n) is 1.37. The van der Waals surface area contributed by atoms with Crippen LogP contribution in [0.25, 0.3) is 0 Å². The zero-order valence-corrected chi connectivity index (χ0v) is 9.07. The molecule has 2 heteroatoms. The van der Waals surface area contributed by atoms with Crippen LogP contribution in [0.1, 0.15) is 18.9 Å². The van der Waals surface area contributed by atoms with Gasteiger partial charge in [-0.2, -0.15) is 0 Å². The molecule has 0 radical (unpaired) electrons. The molecule has 15 heavy (non-hydrogen) atoms. The second kappa shape index (κ2) is 6.02. The lowest BCUT2D eigenvalue weighted by molar-refractivity contribution is -0.109. The average molecular weight is 203 g/mol. The van der Waals surface area contributed by atoms with Gasteiger partial charge in [-0.25, -0.2) is 0 Å². The highest BCUT2D eigenvalue weighted by Gasteiger charge is 2.07. The molecule has 0 heterocycles. The Bertz CT molecular complexity index is 319. The quantitative estimate of drug-likeness (QED) is 0.719. The normalized spacial score (nSPS) is 11.8. The van der Waals surface area contributed by atoms with E-state index in [-0.39, 0.29) is 6.04 Å². The monoisotopic (exact) mass is 203 g/mol. The third kappa shape index (κ3) is 3.98. The number of nitrogens with one attached hydrogen (secondary N) is 1. The number of carbonyl (C=O) groups is 1. The Labute approximate surface area is 91.0 Å². The van der Waals surface area contributed by atoms with Gasteiger partial charge in [0.05, 0.1) is 6.04 Å². The Morgan fingerprint density at radius 3 is 2.67 bits per heavy atom. The molecular formula is C13H17NO. The third-order valence-corrected chi connectivity index (χ3v) is 2.28. The molecule has 2 nitrogen and oxygen atoms in total. The standard InChI is InChI=1S/C13H17NO/c1-3-11(2)14-13(10-15)9-12-7-5-4-6-8-12/h4-8,10,13-14H,2-3,9H2,1H3. The molecule has 1 aromatic carbocycles. The molecule has 1 atom stereocenters. The van der Waals surface area contributed by atoms with Gasteiger partial charge in [0.1, 0.15) is 6.29 Å². The first kappa shape index (κ1) is 11.5. The number of benzene rings is 1. The van der Waals surface area contributed by atoms with Crippen molar-refractivity contribution in [1.82, 2.24) is 5.32 Å². The van der Waals surface area contributed by atoms with Gasteiger partial charge in [0.25, 0.3) is 0 Å². The van der Waals surface area contributed by atoms with Gasteiger partial charge in [0.15, 0.2) is 0 Å². The molecule has 1 unspecified atom stereocenters. The van der Waals surface area contributed by atoms with E-state index in [1.54, 1.807) is 0 Å². The first-order valence-electron chi connectivity index (χ1n) is 5.19. The maximum atomic E-state index is 10.9. The highest BCUT2D eigenvalue weighted by molar-refractivity contribution is 5.58. The minimum atomic E-state index is -0.167. The van der Waals surface area contributed by atoms with Crippen molar-refractivity contribution < 1.29 is 4.79 Å². The lowest BCUT2D eigenvalue weighted by Crippen LogP contribution is -2.31. The minimum absolute atomic E-state index is 0.167. The van der Waals surface area contributed by atoms with E-state index < -0.39 is 0 Å². The van der Waals surface area contributed by atoms with Crippen molar-refractivity contribution in [1.29, 1.82) is 0 Å². The van der Waals surface area contributed by atoms with Gasteiger partial charge >= 0.3 is 0 Å². The van der Waals surface area contributed by atoms with Gasteiger partial charge in [-0.05, 0) is 18.4 Å². The van der Waals surface area contributed by atoms with Crippen molar-refractivity contribution >= 4 is 6.29 Å². The van der Waals surface area contributed by atoms with E-state index in [0.717, 1.165) is 24.0 Å². The number of rotatable bonds is 6. The molecule has 80 valence electrons. The van der Waals surface area contributed by atoms with Crippen LogP contribution in [-0.2, 0) is 11.2 Å². The molecule has 0 aliphatic heterocycles. The lowest BCUT2D eigenvalue weighted by Gasteiger charge is -2.14. The molecule has 0 aliphatic carbocycles. The number of hydrogen-bond acceptors (Lipinski definition) is 2. The lowest BCUT2D eigenvalue weighted by atomic mass is 10.1. The second-order valence-electron chi connectivity index (χ2n) is 3.53. The highest BCUT2D eigenvalue weighted by atomic mass is 16.1. The van der Waals surface area contributed by atoms with E-state index in [9.17, 15) is 4.79 Å². The number of hydrogen-bond donors (Lipinski definition) is 1. The van der Waals surface area contributed by atoms with Gasteiger partial charge in [-0.3, -0.25) is 0 Å². The summed E-state index contributed by atoms with van der Waals surface area (Å²) in [4.78, 5) is 10.9. The summed E-state index contributed by atoms with van der Waals surface area (Å²) < 4.78 is 0. The molecule has 0 saturated carbocycles. The predicted octanol–water partition coefficient (Wildman–Crippen LogP) is 2.31. The molecule has 1 aromatic rings. The molecule has 0 saturated heterocycles. The van der Waals surface area contributed by atoms with E-state index in [4.69, 9.17) is 0 Å². The van der Waals surface area contributed by atoms with Gasteiger partial charge in [-0.15, -0.1) is 0 Å². The topological polar surface area (TPSA) is 29.1 Å². The highest BCUT2D eigenvalue weighted by Crippen LogP contribution is 2.03. The van der Waals surface area contributed by atoms with E-state index >= 15 is 0 Å². The van der Waals surface area contributed by atoms with Crippen molar-refractivity contribution in [2.45, 2.75) is 25.8 Å². The van der Waals surface area contributed by atoms with Crippen LogP contribution >= 0.6 is 0 Å². The molecule has 0 aliphatic rings. The van der Waals surface area contributed by atoms with E-state index in [1.165, 1.54) is 0 Å². The largest absolute Gasteiger partial charge is 0.379 e. The Balaban J connectivity index is 2.54. The van der Waals surface area contributed by atoms with Crippen LogP contribution in [-0.4, -0.2) is 12.3 Å². The Kier molecular flexibility index (Phi) is 4.61. The zero-order chi connectivity index (χ0) is 11.1. The fourth-order valence-corrected chi connectivity index (χ4v) is 1.37. The minimum Gasteiger partial charge on any atom is -0.379 e. The summed E-state index contributed by atoms with van der Waals surface area (Å²) >= 11 is 0. The summed E-state index contributed by atoms with van der Waals surface area (Å²) in [7, 11) is 0. The smallest absolute Gasteiger partial charge is 0.142 e. The SMILES string of the molecule is C=C(CC)NC(C=O)Cc1ccccc1. The molecule has 0 bridgehead atoms. The maximum Gasteiger partial charge on any atom is 0.142 e. The van der Waals surface area contributed by atoms with E-state index in [1.807, 2.05) is 37.3 Å². The molecule has 0 spiro atoms. The van der Waals surface area contributed by atoms with E-state index in [0.29, 0.717) is 6.42 Å². The summed E-state index contributed by atoms with van der Waals surface area (Å²) in [6, 6.07) is 9.80. The molecular weight excluding hydrogens is 186 g/mol. The van der Waals surface area contributed by atoms with Crippen LogP contribution in [0.4, 0.5) is 0 Å². The maximum absolute atomic E-state index is 10.9. The molecule has 1 N–H and O–H groups in total. The number of aldehydes is 1. The molecule has 0 aromatic heterocycles. The Hall–Kier alpha value is -1.57. The van der Waals surface area contributed by atoms with Crippen molar-refractivity contribution in [3.05, 3.63) is 48.2 Å². The van der Waals surface area contributed by atoms with Gasteiger partial charge < -0.3 is 10.1 Å². The third-order valence-electron chi connectivity index (χ3n) is 2.28. The van der Waals surface area contributed by atoms with Crippen molar-refractivity contribution in [2.75, 3.05) is 0 Å². The van der Waals surface area contributed by atoms with Crippen LogP contribution in [0, 0.1) is 0 Å². The molecule has 0 amide bonds. The average Bonchev–Trinajstić information content (AvgIpc) is 2.29. The van der Waals surface area contributed by atoms with Gasteiger partial charge in [0.2, 0.25) is 0 Å². The number of carbonyl (C=O) groups excluding carboxylic acids is 1. The van der Waals surface area contributed by atoms with Crippen LogP contribution in [0.15, 0.2) is 42.6 Å². The summed E-state index contributed by atoms with van der Waals surface area (Å²) in [5.74, 6) is 0. The summed E-state index contributed by atoms with van der Waals surface area (Å²) in [6.07, 6.45) is 2.50. The van der Waals surface area contributed by atoms with Crippen LogP contribution in [0.5, 0.6) is 0 Å². The van der Waals surface area contributed by atoms with Crippen molar-refractivity contribution in [3.63, 3.8) is 0 Å². The first-order valence-corrected chi connectivity index (χ1v) is 5.19. The predicted molar refractivity (Wildman–Crippen MR) is 62.6 cm³/mol. The van der Waals surface area contributed by atoms with Crippen LogP contribution < -0.4 is 5.32 Å². The first-order chi connectivity index (χ1) is 7.26. The van der Waals surface area contributed by atoms with Crippen molar-refractivity contribution in [3.8, 4) is 0 Å². The van der Waals surface area contributed by atoms with Gasteiger partial charge in [-0.1, -0.05) is 43.8 Å². The second-order valence-corrected chi connectivity index (χ2v) is 3.53. The van der Waals surface area contributed by atoms with Crippen LogP contribution in [0.3, 0.4) is 0 Å². The van der Waals surface area contributed by atoms with Gasteiger partial charge in [0, 0.05) is 5.70 Å². The Morgan fingerprint density at radius 2 is 2.13 bits per heavy atom. The zero-order valence-electron chi connectivity index (χ0n) is 9.07. The summed E-state index contributed by atoms with van der Waals surface area (Å²) in [5, 5.41) is 3.10. The van der Waals surface area contributed by atoms with E-state index in [2.05, 4.69) is 11.9 Å². The van der Waals surface area contributed by atoms with Crippen LogP contribution in [0.2, 0.25) is 0 Å². The summed E-state index contributed by atoms with van der Waals surface area (Å²) in [6.45, 7) is 5.85. The Morgan fingerprint density at radius 1 is 1.47 bits per heavy atom. The number of allylic oxidation sites excluding steroid dienone is 1. The molecule has 0 fully saturated rings. The van der Waals surface area contributed by atoms with Crippen molar-refractivity contribution in [2.24, 2.45) is 0 Å².